The van der Waals surface area contributed by atoms with E-state index in [0.717, 1.165) is 5.56 Å². The van der Waals surface area contributed by atoms with Gasteiger partial charge in [-0.05, 0) is 17.2 Å². The molecule has 114 valence electrons. The van der Waals surface area contributed by atoms with E-state index >= 15 is 0 Å². The molecule has 0 aromatic heterocycles. The van der Waals surface area contributed by atoms with Gasteiger partial charge in [-0.1, -0.05) is 36.9 Å². The lowest BCUT2D eigenvalue weighted by Crippen LogP contribution is -2.03. The lowest BCUT2D eigenvalue weighted by molar-refractivity contribution is 0.441. The number of rotatable bonds is 4. The van der Waals surface area contributed by atoms with Crippen molar-refractivity contribution >= 4 is 6.08 Å². The Balaban J connectivity index is 2.27. The van der Waals surface area contributed by atoms with Crippen LogP contribution in [0.4, 0.5) is 17.6 Å². The maximum atomic E-state index is 13.6. The summed E-state index contributed by atoms with van der Waals surface area (Å²) in [5.74, 6) is -5.56. The first-order chi connectivity index (χ1) is 10.4. The number of nitrogens with two attached hydrogens (primary N) is 1. The highest BCUT2D eigenvalue weighted by molar-refractivity contribution is 5.52. The van der Waals surface area contributed by atoms with Gasteiger partial charge >= 0.3 is 0 Å². The van der Waals surface area contributed by atoms with Crippen molar-refractivity contribution in [2.75, 3.05) is 0 Å². The maximum absolute atomic E-state index is 13.6. The summed E-state index contributed by atoms with van der Waals surface area (Å²) in [5.41, 5.74) is 6.49. The second-order valence-corrected chi connectivity index (χ2v) is 4.77. The zero-order chi connectivity index (χ0) is 16.3. The van der Waals surface area contributed by atoms with E-state index in [4.69, 9.17) is 5.73 Å². The van der Waals surface area contributed by atoms with Crippen LogP contribution in [0, 0.1) is 23.3 Å². The van der Waals surface area contributed by atoms with E-state index in [2.05, 4.69) is 6.58 Å². The highest BCUT2D eigenvalue weighted by Gasteiger charge is 2.19. The van der Waals surface area contributed by atoms with Gasteiger partial charge in [-0.3, -0.25) is 0 Å². The van der Waals surface area contributed by atoms with Gasteiger partial charge in [0, 0.05) is 23.7 Å². The Bertz CT molecular complexity index is 707. The average Bonchev–Trinajstić information content (AvgIpc) is 2.48. The lowest BCUT2D eigenvalue weighted by atomic mass is 10.0. The summed E-state index contributed by atoms with van der Waals surface area (Å²) < 4.78 is 53.5. The molecule has 0 aliphatic carbocycles. The molecule has 22 heavy (non-hydrogen) atoms. The standard InChI is InChI=1S/C17H13F4N/c1-10(22)2-3-11-4-6-12(7-5-11)8-13-16(20)14(18)9-15(19)17(13)21/h2-7,9H,1,8,22H2/b3-2+. The Labute approximate surface area is 125 Å². The Hall–Kier alpha value is -2.56. The number of hydrogen-bond acceptors (Lipinski definition) is 1. The van der Waals surface area contributed by atoms with Crippen molar-refractivity contribution in [3.63, 3.8) is 0 Å². The van der Waals surface area contributed by atoms with Crippen LogP contribution in [0.5, 0.6) is 0 Å². The molecule has 0 fully saturated rings. The third kappa shape index (κ3) is 3.55. The van der Waals surface area contributed by atoms with Crippen LogP contribution in [0.15, 0.2) is 48.7 Å². The molecule has 0 aliphatic rings. The molecule has 2 aromatic rings. The van der Waals surface area contributed by atoms with Crippen LogP contribution in [-0.4, -0.2) is 0 Å². The second-order valence-electron chi connectivity index (χ2n) is 4.77. The van der Waals surface area contributed by atoms with Gasteiger partial charge in [0.1, 0.15) is 0 Å². The first kappa shape index (κ1) is 15.8. The van der Waals surface area contributed by atoms with Crippen molar-refractivity contribution in [3.05, 3.63) is 88.6 Å². The molecule has 0 saturated heterocycles. The summed E-state index contributed by atoms with van der Waals surface area (Å²) in [7, 11) is 0. The lowest BCUT2D eigenvalue weighted by Gasteiger charge is -2.07. The van der Waals surface area contributed by atoms with Gasteiger partial charge in [0.05, 0.1) is 0 Å². The molecule has 0 spiro atoms. The number of allylic oxidation sites excluding steroid dienone is 1. The van der Waals surface area contributed by atoms with Crippen molar-refractivity contribution in [3.8, 4) is 0 Å². The number of halogens is 4. The molecule has 0 heterocycles. The van der Waals surface area contributed by atoms with Crippen LogP contribution in [0.1, 0.15) is 16.7 Å². The van der Waals surface area contributed by atoms with Gasteiger partial charge in [-0.25, -0.2) is 17.6 Å². The molecule has 0 radical (unpaired) electrons. The highest BCUT2D eigenvalue weighted by Crippen LogP contribution is 2.22. The topological polar surface area (TPSA) is 26.0 Å². The summed E-state index contributed by atoms with van der Waals surface area (Å²) in [4.78, 5) is 0. The van der Waals surface area contributed by atoms with E-state index in [-0.39, 0.29) is 12.5 Å². The molecule has 0 amide bonds. The van der Waals surface area contributed by atoms with E-state index in [1.807, 2.05) is 0 Å². The Morgan fingerprint density at radius 2 is 1.55 bits per heavy atom. The fraction of sp³-hybridized carbons (Fsp3) is 0.0588. The predicted molar refractivity (Wildman–Crippen MR) is 77.9 cm³/mol. The molecule has 1 nitrogen and oxygen atoms in total. The van der Waals surface area contributed by atoms with Gasteiger partial charge in [-0.2, -0.15) is 0 Å². The van der Waals surface area contributed by atoms with Crippen LogP contribution in [0.3, 0.4) is 0 Å². The van der Waals surface area contributed by atoms with Gasteiger partial charge in [0.2, 0.25) is 0 Å². The SMILES string of the molecule is C=C(N)/C=C/c1ccc(Cc2c(F)c(F)cc(F)c2F)cc1. The van der Waals surface area contributed by atoms with E-state index in [9.17, 15) is 17.6 Å². The quantitative estimate of drug-likeness (QED) is 0.508. The zero-order valence-electron chi connectivity index (χ0n) is 11.5. The molecule has 2 N–H and O–H groups in total. The normalized spacial score (nSPS) is 11.1. The van der Waals surface area contributed by atoms with E-state index in [0.29, 0.717) is 11.3 Å². The summed E-state index contributed by atoms with van der Waals surface area (Å²) >= 11 is 0. The maximum Gasteiger partial charge on any atom is 0.165 e. The fourth-order valence-electron chi connectivity index (χ4n) is 1.93. The molecule has 5 heteroatoms. The summed E-state index contributed by atoms with van der Waals surface area (Å²) in [6.07, 6.45) is 3.07. The fourth-order valence-corrected chi connectivity index (χ4v) is 1.93. The number of hydrogen-bond donors (Lipinski definition) is 1. The van der Waals surface area contributed by atoms with E-state index in [1.54, 1.807) is 36.4 Å². The van der Waals surface area contributed by atoms with Gasteiger partial charge in [0.15, 0.2) is 23.3 Å². The predicted octanol–water partition coefficient (Wildman–Crippen LogP) is 4.32. The Kier molecular flexibility index (Phi) is 4.65. The molecule has 0 bridgehead atoms. The van der Waals surface area contributed by atoms with E-state index < -0.39 is 28.8 Å². The third-order valence-electron chi connectivity index (χ3n) is 3.05. The van der Waals surface area contributed by atoms with Crippen molar-refractivity contribution in [1.82, 2.24) is 0 Å². The van der Waals surface area contributed by atoms with Gasteiger partial charge in [0.25, 0.3) is 0 Å². The van der Waals surface area contributed by atoms with Crippen LogP contribution in [0.25, 0.3) is 6.08 Å². The number of benzene rings is 2. The molecule has 0 saturated carbocycles. The Morgan fingerprint density at radius 3 is 2.05 bits per heavy atom. The van der Waals surface area contributed by atoms with Gasteiger partial charge < -0.3 is 5.73 Å². The van der Waals surface area contributed by atoms with Crippen LogP contribution < -0.4 is 5.73 Å². The second kappa shape index (κ2) is 6.47. The molecule has 0 atom stereocenters. The molecule has 0 unspecified atom stereocenters. The monoisotopic (exact) mass is 307 g/mol. The largest absolute Gasteiger partial charge is 0.399 e. The van der Waals surface area contributed by atoms with Crippen LogP contribution in [-0.2, 0) is 6.42 Å². The highest BCUT2D eigenvalue weighted by atomic mass is 19.2. The average molecular weight is 307 g/mol. The summed E-state index contributed by atoms with van der Waals surface area (Å²) in [5, 5.41) is 0. The Morgan fingerprint density at radius 1 is 1.00 bits per heavy atom. The van der Waals surface area contributed by atoms with Crippen molar-refractivity contribution < 1.29 is 17.6 Å². The zero-order valence-corrected chi connectivity index (χ0v) is 11.5. The smallest absolute Gasteiger partial charge is 0.165 e. The van der Waals surface area contributed by atoms with Crippen molar-refractivity contribution in [2.24, 2.45) is 5.73 Å². The summed E-state index contributed by atoms with van der Waals surface area (Å²) in [6.45, 7) is 3.52. The first-order valence-electron chi connectivity index (χ1n) is 6.41. The van der Waals surface area contributed by atoms with E-state index in [1.165, 1.54) is 0 Å². The summed E-state index contributed by atoms with van der Waals surface area (Å²) in [6, 6.07) is 6.81. The van der Waals surface area contributed by atoms with Gasteiger partial charge in [-0.15, -0.1) is 0 Å². The first-order valence-corrected chi connectivity index (χ1v) is 6.41. The minimum atomic E-state index is -1.41. The van der Waals surface area contributed by atoms with Crippen LogP contribution in [0.2, 0.25) is 0 Å². The minimum Gasteiger partial charge on any atom is -0.399 e. The molecule has 0 aliphatic heterocycles. The third-order valence-corrected chi connectivity index (χ3v) is 3.05. The van der Waals surface area contributed by atoms with Crippen molar-refractivity contribution in [1.29, 1.82) is 0 Å². The van der Waals surface area contributed by atoms with Crippen LogP contribution >= 0.6 is 0 Å². The molecule has 2 aromatic carbocycles. The minimum absolute atomic E-state index is 0.196. The molecular weight excluding hydrogens is 294 g/mol. The molecular formula is C17H13F4N. The van der Waals surface area contributed by atoms with Crippen molar-refractivity contribution in [2.45, 2.75) is 6.42 Å². The molecule has 2 rings (SSSR count).